The van der Waals surface area contributed by atoms with E-state index in [-0.39, 0.29) is 36.1 Å². The van der Waals surface area contributed by atoms with E-state index in [0.29, 0.717) is 25.3 Å². The van der Waals surface area contributed by atoms with Crippen LogP contribution in [0.25, 0.3) is 0 Å². The van der Waals surface area contributed by atoms with Crippen molar-refractivity contribution in [2.75, 3.05) is 13.1 Å². The van der Waals surface area contributed by atoms with Crippen molar-refractivity contribution in [2.24, 2.45) is 5.73 Å². The van der Waals surface area contributed by atoms with Gasteiger partial charge in [-0.25, -0.2) is 9.07 Å². The summed E-state index contributed by atoms with van der Waals surface area (Å²) in [5, 5.41) is 11.6. The molecule has 30 heavy (non-hydrogen) atoms. The first-order valence-electron chi connectivity index (χ1n) is 9.61. The Kier molecular flexibility index (Phi) is 6.79. The van der Waals surface area contributed by atoms with Crippen LogP contribution in [0, 0.1) is 12.7 Å². The third kappa shape index (κ3) is 4.49. The topological polar surface area (TPSA) is 89.9 Å². The van der Waals surface area contributed by atoms with Crippen LogP contribution in [0.4, 0.5) is 4.39 Å². The molecule has 0 aliphatic carbocycles. The monoisotopic (exact) mass is 430 g/mol. The maximum absolute atomic E-state index is 13.5. The number of hydrogen-bond donors (Lipinski definition) is 1. The van der Waals surface area contributed by atoms with E-state index >= 15 is 0 Å². The van der Waals surface area contributed by atoms with E-state index < -0.39 is 6.04 Å². The number of nitrogens with zero attached hydrogens (tertiary/aromatic N) is 5. The molecule has 2 heterocycles. The van der Waals surface area contributed by atoms with Crippen LogP contribution in [-0.2, 0) is 11.2 Å². The Morgan fingerprint density at radius 3 is 2.50 bits per heavy atom. The van der Waals surface area contributed by atoms with Crippen LogP contribution in [0.3, 0.4) is 0 Å². The summed E-state index contributed by atoms with van der Waals surface area (Å²) in [4.78, 5) is 15.3. The number of nitrogens with two attached hydrogens (primary N) is 1. The van der Waals surface area contributed by atoms with Gasteiger partial charge in [-0.05, 0) is 40.6 Å². The largest absolute Gasteiger partial charge is 0.339 e. The molecule has 3 aromatic rings. The van der Waals surface area contributed by atoms with Gasteiger partial charge in [0.2, 0.25) is 5.91 Å². The average molecular weight is 431 g/mol. The summed E-state index contributed by atoms with van der Waals surface area (Å²) in [6.45, 7) is 2.78. The van der Waals surface area contributed by atoms with Gasteiger partial charge in [-0.15, -0.1) is 17.5 Å². The quantitative estimate of drug-likeness (QED) is 0.670. The van der Waals surface area contributed by atoms with Crippen molar-refractivity contribution in [1.82, 2.24) is 25.1 Å². The zero-order valence-electron chi connectivity index (χ0n) is 16.6. The molecule has 1 amide bonds. The van der Waals surface area contributed by atoms with Crippen LogP contribution in [0.2, 0.25) is 0 Å². The van der Waals surface area contributed by atoms with Crippen LogP contribution in [0.1, 0.15) is 28.9 Å². The molecular weight excluding hydrogens is 407 g/mol. The second kappa shape index (κ2) is 9.32. The van der Waals surface area contributed by atoms with Crippen LogP contribution < -0.4 is 5.73 Å². The second-order valence-electron chi connectivity index (χ2n) is 7.44. The SMILES string of the molecule is Cc1nnnn1C(Cc1ccc(F)cc1)C(=O)N1C[C@@H](N)[C@H](c2ccccc2)C1.Cl. The molecule has 9 heteroatoms. The highest BCUT2D eigenvalue weighted by Crippen LogP contribution is 2.29. The van der Waals surface area contributed by atoms with Crippen molar-refractivity contribution in [3.63, 3.8) is 0 Å². The van der Waals surface area contributed by atoms with Gasteiger partial charge in [0.15, 0.2) is 0 Å². The van der Waals surface area contributed by atoms with Crippen LogP contribution in [-0.4, -0.2) is 50.1 Å². The van der Waals surface area contributed by atoms with E-state index in [1.807, 2.05) is 30.3 Å². The van der Waals surface area contributed by atoms with E-state index in [1.165, 1.54) is 16.8 Å². The molecule has 2 aromatic carbocycles. The number of aryl methyl sites for hydroxylation is 1. The number of tetrazole rings is 1. The van der Waals surface area contributed by atoms with Crippen molar-refractivity contribution in [2.45, 2.75) is 31.3 Å². The first kappa shape index (κ1) is 21.9. The lowest BCUT2D eigenvalue weighted by atomic mass is 9.95. The van der Waals surface area contributed by atoms with Gasteiger partial charge in [0.05, 0.1) is 0 Å². The molecule has 0 radical (unpaired) electrons. The Morgan fingerprint density at radius 1 is 1.17 bits per heavy atom. The Bertz CT molecular complexity index is 981. The van der Waals surface area contributed by atoms with Gasteiger partial charge in [0, 0.05) is 31.5 Å². The van der Waals surface area contributed by atoms with Gasteiger partial charge in [-0.2, -0.15) is 0 Å². The normalized spacial score (nSPS) is 19.4. The number of benzene rings is 2. The summed E-state index contributed by atoms with van der Waals surface area (Å²) in [5.74, 6) is 0.236. The Balaban J connectivity index is 0.00000256. The summed E-state index contributed by atoms with van der Waals surface area (Å²) in [7, 11) is 0. The summed E-state index contributed by atoms with van der Waals surface area (Å²) < 4.78 is 14.8. The summed E-state index contributed by atoms with van der Waals surface area (Å²) in [5.41, 5.74) is 8.34. The molecule has 1 aliphatic rings. The number of aromatic nitrogens is 4. The van der Waals surface area contributed by atoms with Gasteiger partial charge < -0.3 is 10.6 Å². The highest BCUT2D eigenvalue weighted by Gasteiger charge is 2.37. The maximum atomic E-state index is 13.5. The summed E-state index contributed by atoms with van der Waals surface area (Å²) >= 11 is 0. The van der Waals surface area contributed by atoms with Crippen molar-refractivity contribution < 1.29 is 9.18 Å². The summed E-state index contributed by atoms with van der Waals surface area (Å²) in [6, 6.07) is 15.4. The predicted molar refractivity (Wildman–Crippen MR) is 113 cm³/mol. The fraction of sp³-hybridized carbons (Fsp3) is 0.333. The fourth-order valence-corrected chi connectivity index (χ4v) is 3.92. The smallest absolute Gasteiger partial charge is 0.248 e. The first-order valence-corrected chi connectivity index (χ1v) is 9.61. The molecule has 7 nitrogen and oxygen atoms in total. The summed E-state index contributed by atoms with van der Waals surface area (Å²) in [6.07, 6.45) is 0.368. The van der Waals surface area contributed by atoms with Crippen LogP contribution in [0.15, 0.2) is 54.6 Å². The molecule has 1 aromatic heterocycles. The fourth-order valence-electron chi connectivity index (χ4n) is 3.92. The van der Waals surface area contributed by atoms with E-state index in [9.17, 15) is 9.18 Å². The zero-order chi connectivity index (χ0) is 20.4. The van der Waals surface area contributed by atoms with Gasteiger partial charge in [0.25, 0.3) is 0 Å². The molecule has 158 valence electrons. The molecule has 2 N–H and O–H groups in total. The van der Waals surface area contributed by atoms with Crippen molar-refractivity contribution >= 4 is 18.3 Å². The Labute approximate surface area is 180 Å². The van der Waals surface area contributed by atoms with Gasteiger partial charge in [0.1, 0.15) is 17.7 Å². The first-order chi connectivity index (χ1) is 14.0. The van der Waals surface area contributed by atoms with Crippen LogP contribution >= 0.6 is 12.4 Å². The predicted octanol–water partition coefficient (Wildman–Crippen LogP) is 2.28. The number of hydrogen-bond acceptors (Lipinski definition) is 5. The molecule has 1 saturated heterocycles. The van der Waals surface area contributed by atoms with E-state index in [2.05, 4.69) is 15.5 Å². The van der Waals surface area contributed by atoms with Crippen LogP contribution in [0.5, 0.6) is 0 Å². The zero-order valence-corrected chi connectivity index (χ0v) is 17.4. The minimum atomic E-state index is -0.614. The Morgan fingerprint density at radius 2 is 1.87 bits per heavy atom. The maximum Gasteiger partial charge on any atom is 0.248 e. The molecule has 0 bridgehead atoms. The van der Waals surface area contributed by atoms with Crippen molar-refractivity contribution in [1.29, 1.82) is 0 Å². The molecule has 0 spiro atoms. The third-order valence-corrected chi connectivity index (χ3v) is 5.48. The highest BCUT2D eigenvalue weighted by molar-refractivity contribution is 5.85. The van der Waals surface area contributed by atoms with E-state index in [1.54, 1.807) is 24.0 Å². The minimum Gasteiger partial charge on any atom is -0.339 e. The molecule has 3 atom stereocenters. The van der Waals surface area contributed by atoms with E-state index in [0.717, 1.165) is 11.1 Å². The number of likely N-dealkylation sites (tertiary alicyclic amines) is 1. The van der Waals surface area contributed by atoms with Gasteiger partial charge in [-0.3, -0.25) is 4.79 Å². The number of carbonyl (C=O) groups excluding carboxylic acids is 1. The standard InChI is InChI=1S/C21H23FN6O.ClH/c1-14-24-25-26-28(14)20(11-15-7-9-17(22)10-8-15)21(29)27-12-18(19(23)13-27)16-5-3-2-4-6-16;/h2-10,18-20H,11-13,23H2,1H3;1H/t18-,19+,20?;/m0./s1. The number of rotatable bonds is 5. The lowest BCUT2D eigenvalue weighted by Crippen LogP contribution is -2.39. The second-order valence-corrected chi connectivity index (χ2v) is 7.44. The van der Waals surface area contributed by atoms with Gasteiger partial charge >= 0.3 is 0 Å². The third-order valence-electron chi connectivity index (χ3n) is 5.48. The lowest BCUT2D eigenvalue weighted by molar-refractivity contribution is -0.134. The van der Waals surface area contributed by atoms with E-state index in [4.69, 9.17) is 5.73 Å². The van der Waals surface area contributed by atoms with Crippen molar-refractivity contribution in [3.8, 4) is 0 Å². The number of halogens is 2. The van der Waals surface area contributed by atoms with Crippen molar-refractivity contribution in [3.05, 3.63) is 77.4 Å². The Hall–Kier alpha value is -2.84. The average Bonchev–Trinajstić information content (AvgIpc) is 3.33. The lowest BCUT2D eigenvalue weighted by Gasteiger charge is -2.24. The molecular formula is C21H24ClFN6O. The van der Waals surface area contributed by atoms with Gasteiger partial charge in [-0.1, -0.05) is 42.5 Å². The molecule has 1 aliphatic heterocycles. The molecule has 1 fully saturated rings. The number of amides is 1. The molecule has 0 saturated carbocycles. The highest BCUT2D eigenvalue weighted by atomic mass is 35.5. The minimum absolute atomic E-state index is 0. The molecule has 1 unspecified atom stereocenters. The molecule has 4 rings (SSSR count). The number of carbonyl (C=O) groups is 1.